The lowest BCUT2D eigenvalue weighted by molar-refractivity contribution is -0.0329. The molecule has 0 saturated carbocycles. The van der Waals surface area contributed by atoms with Gasteiger partial charge in [-0.2, -0.15) is 0 Å². The lowest BCUT2D eigenvalue weighted by atomic mass is 10.0. The van der Waals surface area contributed by atoms with E-state index in [1.807, 2.05) is 6.07 Å². The highest BCUT2D eigenvalue weighted by Crippen LogP contribution is 2.25. The summed E-state index contributed by atoms with van der Waals surface area (Å²) in [4.78, 5) is 2.19. The highest BCUT2D eigenvalue weighted by molar-refractivity contribution is 5.75. The maximum Gasteiger partial charge on any atom is 0.0980 e. The van der Waals surface area contributed by atoms with Gasteiger partial charge in [-0.05, 0) is 40.4 Å². The van der Waals surface area contributed by atoms with Crippen LogP contribution in [0.15, 0.2) is 30.3 Å². The minimum absolute atomic E-state index is 0. The lowest BCUT2D eigenvalue weighted by Crippen LogP contribution is -2.33. The van der Waals surface area contributed by atoms with E-state index >= 15 is 0 Å². The van der Waals surface area contributed by atoms with Gasteiger partial charge in [0.05, 0.1) is 12.2 Å². The van der Waals surface area contributed by atoms with Gasteiger partial charge >= 0.3 is 0 Å². The zero-order valence-corrected chi connectivity index (χ0v) is 11.6. The largest absolute Gasteiger partial charge is 0.369 e. The molecule has 3 heteroatoms. The van der Waals surface area contributed by atoms with E-state index in [-0.39, 0.29) is 20.6 Å². The molecule has 0 N–H and O–H groups in total. The summed E-state index contributed by atoms with van der Waals surface area (Å²) in [6.07, 6.45) is 0.379. The standard InChI is InChI=1S/C14H23NO.B/c1-11(2)16-14(12(3)15(4)5)13-9-7-6-8-10-13;/h6-12,14H,1-5H3;/t12-,14-;/m0./s1. The van der Waals surface area contributed by atoms with E-state index in [1.54, 1.807) is 0 Å². The van der Waals surface area contributed by atoms with Crippen molar-refractivity contribution in [2.75, 3.05) is 14.1 Å². The van der Waals surface area contributed by atoms with E-state index in [1.165, 1.54) is 5.56 Å². The molecule has 0 aliphatic heterocycles. The average molecular weight is 232 g/mol. The second kappa shape index (κ2) is 7.52. The Bertz CT molecular complexity index is 300. The molecule has 0 aromatic heterocycles. The highest BCUT2D eigenvalue weighted by Gasteiger charge is 2.22. The van der Waals surface area contributed by atoms with Gasteiger partial charge in [0.1, 0.15) is 0 Å². The number of nitrogens with zero attached hydrogens (tertiary/aromatic N) is 1. The van der Waals surface area contributed by atoms with E-state index in [2.05, 4.69) is 64.0 Å². The molecule has 3 radical (unpaired) electrons. The minimum Gasteiger partial charge on any atom is -0.369 e. The number of hydrogen-bond donors (Lipinski definition) is 0. The maximum absolute atomic E-state index is 6.02. The van der Waals surface area contributed by atoms with Crippen molar-refractivity contribution < 1.29 is 4.74 Å². The van der Waals surface area contributed by atoms with Gasteiger partial charge in [0.25, 0.3) is 0 Å². The van der Waals surface area contributed by atoms with Crippen molar-refractivity contribution in [2.24, 2.45) is 0 Å². The predicted molar refractivity (Wildman–Crippen MR) is 74.3 cm³/mol. The van der Waals surface area contributed by atoms with Crippen LogP contribution in [0.1, 0.15) is 32.4 Å². The zero-order valence-electron chi connectivity index (χ0n) is 11.6. The molecule has 2 nitrogen and oxygen atoms in total. The normalized spacial score (nSPS) is 14.5. The SMILES string of the molecule is CC(C)O[C@H](c1ccccc1)[C@H](C)N(C)C.[B]. The van der Waals surface area contributed by atoms with Crippen LogP contribution in [0.4, 0.5) is 0 Å². The summed E-state index contributed by atoms with van der Waals surface area (Å²) in [5.74, 6) is 0. The molecule has 0 saturated heterocycles. The first kappa shape index (κ1) is 16.2. The Hall–Kier alpha value is -0.795. The van der Waals surface area contributed by atoms with Crippen LogP contribution in [-0.4, -0.2) is 39.6 Å². The van der Waals surface area contributed by atoms with Crippen molar-refractivity contribution in [1.82, 2.24) is 4.90 Å². The first-order chi connectivity index (χ1) is 7.52. The van der Waals surface area contributed by atoms with E-state index in [9.17, 15) is 0 Å². The average Bonchev–Trinajstić information content (AvgIpc) is 2.26. The summed E-state index contributed by atoms with van der Waals surface area (Å²) in [6, 6.07) is 10.8. The minimum atomic E-state index is 0. The molecule has 0 bridgehead atoms. The Morgan fingerprint density at radius 3 is 1.94 bits per heavy atom. The highest BCUT2D eigenvalue weighted by atomic mass is 16.5. The van der Waals surface area contributed by atoms with Crippen molar-refractivity contribution in [3.05, 3.63) is 35.9 Å². The van der Waals surface area contributed by atoms with Gasteiger partial charge in [0, 0.05) is 14.5 Å². The number of benzene rings is 1. The fourth-order valence-electron chi connectivity index (χ4n) is 1.68. The Morgan fingerprint density at radius 1 is 1.00 bits per heavy atom. The fourth-order valence-corrected chi connectivity index (χ4v) is 1.68. The summed E-state index contributed by atoms with van der Waals surface area (Å²) < 4.78 is 6.02. The Balaban J connectivity index is 0.00000256. The van der Waals surface area contributed by atoms with Crippen LogP contribution >= 0.6 is 0 Å². The first-order valence-electron chi connectivity index (χ1n) is 5.89. The van der Waals surface area contributed by atoms with Crippen LogP contribution in [-0.2, 0) is 4.74 Å². The summed E-state index contributed by atoms with van der Waals surface area (Å²) in [5, 5.41) is 0. The third-order valence-electron chi connectivity index (χ3n) is 2.80. The molecule has 93 valence electrons. The van der Waals surface area contributed by atoms with E-state index in [0.717, 1.165) is 0 Å². The monoisotopic (exact) mass is 232 g/mol. The molecule has 0 spiro atoms. The molecular weight excluding hydrogens is 209 g/mol. The summed E-state index contributed by atoms with van der Waals surface area (Å²) in [6.45, 7) is 6.36. The topological polar surface area (TPSA) is 12.5 Å². The molecule has 0 fully saturated rings. The quantitative estimate of drug-likeness (QED) is 0.724. The lowest BCUT2D eigenvalue weighted by Gasteiger charge is -2.31. The van der Waals surface area contributed by atoms with E-state index in [0.29, 0.717) is 6.04 Å². The van der Waals surface area contributed by atoms with Crippen molar-refractivity contribution in [3.8, 4) is 0 Å². The van der Waals surface area contributed by atoms with Crippen LogP contribution in [0.25, 0.3) is 0 Å². The summed E-state index contributed by atoms with van der Waals surface area (Å²) >= 11 is 0. The number of hydrogen-bond acceptors (Lipinski definition) is 2. The molecule has 1 aromatic rings. The Morgan fingerprint density at radius 2 is 1.53 bits per heavy atom. The fraction of sp³-hybridized carbons (Fsp3) is 0.571. The van der Waals surface area contributed by atoms with E-state index in [4.69, 9.17) is 4.74 Å². The number of likely N-dealkylation sites (N-methyl/N-ethyl adjacent to an activating group) is 1. The molecule has 17 heavy (non-hydrogen) atoms. The van der Waals surface area contributed by atoms with Crippen LogP contribution in [0.2, 0.25) is 0 Å². The van der Waals surface area contributed by atoms with Gasteiger partial charge in [-0.3, -0.25) is 0 Å². The Kier molecular flexibility index (Phi) is 7.16. The van der Waals surface area contributed by atoms with Gasteiger partial charge in [0.15, 0.2) is 0 Å². The third-order valence-corrected chi connectivity index (χ3v) is 2.80. The molecule has 0 heterocycles. The first-order valence-corrected chi connectivity index (χ1v) is 5.89. The van der Waals surface area contributed by atoms with Gasteiger partial charge < -0.3 is 9.64 Å². The Labute approximate surface area is 108 Å². The molecule has 0 unspecified atom stereocenters. The van der Waals surface area contributed by atoms with Gasteiger partial charge in [-0.25, -0.2) is 0 Å². The van der Waals surface area contributed by atoms with Crippen molar-refractivity contribution in [2.45, 2.75) is 39.0 Å². The smallest absolute Gasteiger partial charge is 0.0980 e. The molecule has 1 aromatic carbocycles. The number of ether oxygens (including phenoxy) is 1. The van der Waals surface area contributed by atoms with Crippen molar-refractivity contribution in [1.29, 1.82) is 0 Å². The van der Waals surface area contributed by atoms with Crippen molar-refractivity contribution >= 4 is 8.41 Å². The second-order valence-electron chi connectivity index (χ2n) is 4.72. The summed E-state index contributed by atoms with van der Waals surface area (Å²) in [7, 11) is 4.18. The molecule has 1 rings (SSSR count). The van der Waals surface area contributed by atoms with Gasteiger partial charge in [-0.15, -0.1) is 0 Å². The number of rotatable bonds is 5. The van der Waals surface area contributed by atoms with Crippen LogP contribution in [0, 0.1) is 0 Å². The van der Waals surface area contributed by atoms with Crippen LogP contribution in [0.3, 0.4) is 0 Å². The molecule has 0 aliphatic carbocycles. The van der Waals surface area contributed by atoms with Crippen molar-refractivity contribution in [3.63, 3.8) is 0 Å². The molecule has 0 amide bonds. The predicted octanol–water partition coefficient (Wildman–Crippen LogP) is 2.72. The molecule has 0 aliphatic rings. The summed E-state index contributed by atoms with van der Waals surface area (Å²) in [5.41, 5.74) is 1.25. The zero-order chi connectivity index (χ0) is 12.1. The van der Waals surface area contributed by atoms with Crippen LogP contribution in [0.5, 0.6) is 0 Å². The van der Waals surface area contributed by atoms with E-state index < -0.39 is 0 Å². The van der Waals surface area contributed by atoms with Crippen LogP contribution < -0.4 is 0 Å². The second-order valence-corrected chi connectivity index (χ2v) is 4.72. The maximum atomic E-state index is 6.02. The third kappa shape index (κ3) is 4.92. The van der Waals surface area contributed by atoms with Gasteiger partial charge in [0.2, 0.25) is 0 Å². The van der Waals surface area contributed by atoms with Gasteiger partial charge in [-0.1, -0.05) is 30.3 Å². The molecule has 2 atom stereocenters. The molecular formula is C14H23BNO.